The van der Waals surface area contributed by atoms with Gasteiger partial charge in [-0.2, -0.15) is 0 Å². The first-order chi connectivity index (χ1) is 15.4. The number of sulfonamides is 1. The maximum Gasteiger partial charge on any atom is 0.251 e. The fraction of sp³-hybridized carbons (Fsp3) is 0.522. The molecule has 32 heavy (non-hydrogen) atoms. The first-order valence-corrected chi connectivity index (χ1v) is 13.5. The number of nitrogens with zero attached hydrogens (tertiary/aromatic N) is 1. The second kappa shape index (κ2) is 11.9. The van der Waals surface area contributed by atoms with Crippen LogP contribution in [-0.2, 0) is 21.3 Å². The van der Waals surface area contributed by atoms with Crippen molar-refractivity contribution >= 4 is 27.3 Å². The second-order valence-corrected chi connectivity index (χ2v) is 10.7. The number of nitrogens with one attached hydrogen (secondary N) is 2. The zero-order valence-corrected chi connectivity index (χ0v) is 20.4. The lowest BCUT2D eigenvalue weighted by molar-refractivity contribution is 0.00191. The Kier molecular flexibility index (Phi) is 9.24. The minimum atomic E-state index is -3.71. The number of amides is 1. The van der Waals surface area contributed by atoms with E-state index in [1.54, 1.807) is 12.1 Å². The number of ether oxygens (including phenoxy) is 1. The van der Waals surface area contributed by atoms with E-state index in [1.165, 1.54) is 23.5 Å². The molecule has 7 nitrogen and oxygen atoms in total. The van der Waals surface area contributed by atoms with Gasteiger partial charge in [-0.3, -0.25) is 9.69 Å². The van der Waals surface area contributed by atoms with Crippen LogP contribution in [0.15, 0.2) is 46.7 Å². The lowest BCUT2D eigenvalue weighted by Crippen LogP contribution is -2.52. The van der Waals surface area contributed by atoms with Gasteiger partial charge in [0.2, 0.25) is 10.0 Å². The van der Waals surface area contributed by atoms with Crippen molar-refractivity contribution in [3.8, 4) is 0 Å². The summed E-state index contributed by atoms with van der Waals surface area (Å²) in [6.07, 6.45) is 2.08. The Hall–Kier alpha value is -1.78. The molecule has 9 heteroatoms. The van der Waals surface area contributed by atoms with Crippen molar-refractivity contribution in [2.45, 2.75) is 44.2 Å². The van der Waals surface area contributed by atoms with Gasteiger partial charge in [-0.05, 0) is 35.6 Å². The molecule has 1 aliphatic heterocycles. The zero-order valence-electron chi connectivity index (χ0n) is 18.7. The van der Waals surface area contributed by atoms with Gasteiger partial charge in [0.25, 0.3) is 5.91 Å². The van der Waals surface area contributed by atoms with Crippen molar-refractivity contribution in [2.24, 2.45) is 5.92 Å². The van der Waals surface area contributed by atoms with E-state index in [9.17, 15) is 13.2 Å². The molecule has 2 heterocycles. The summed E-state index contributed by atoms with van der Waals surface area (Å²) >= 11 is 1.49. The third-order valence-corrected chi connectivity index (χ3v) is 8.28. The van der Waals surface area contributed by atoms with Crippen molar-refractivity contribution in [1.82, 2.24) is 14.9 Å². The molecular formula is C23H33N3O4S2. The van der Waals surface area contributed by atoms with Crippen LogP contribution in [0.2, 0.25) is 0 Å². The molecule has 2 N–H and O–H groups in total. The minimum Gasteiger partial charge on any atom is -0.379 e. The van der Waals surface area contributed by atoms with Crippen molar-refractivity contribution in [2.75, 3.05) is 32.8 Å². The maximum atomic E-state index is 12.9. The highest BCUT2D eigenvalue weighted by Gasteiger charge is 2.27. The van der Waals surface area contributed by atoms with Crippen molar-refractivity contribution in [1.29, 1.82) is 0 Å². The Morgan fingerprint density at radius 1 is 1.16 bits per heavy atom. The summed E-state index contributed by atoms with van der Waals surface area (Å²) in [6.45, 7) is 8.26. The van der Waals surface area contributed by atoms with Crippen LogP contribution in [0.1, 0.15) is 41.9 Å². The highest BCUT2D eigenvalue weighted by molar-refractivity contribution is 7.89. The predicted molar refractivity (Wildman–Crippen MR) is 127 cm³/mol. The molecule has 1 saturated heterocycles. The number of benzene rings is 1. The van der Waals surface area contributed by atoms with Gasteiger partial charge in [0, 0.05) is 42.7 Å². The van der Waals surface area contributed by atoms with Crippen LogP contribution in [0, 0.1) is 5.92 Å². The summed E-state index contributed by atoms with van der Waals surface area (Å²) in [5.41, 5.74) is 0.342. The van der Waals surface area contributed by atoms with Gasteiger partial charge < -0.3 is 10.1 Å². The molecule has 0 saturated carbocycles. The Morgan fingerprint density at radius 3 is 2.56 bits per heavy atom. The number of hydrogen-bond donors (Lipinski definition) is 2. The largest absolute Gasteiger partial charge is 0.379 e. The van der Waals surface area contributed by atoms with Gasteiger partial charge in [-0.25, -0.2) is 13.1 Å². The average molecular weight is 480 g/mol. The van der Waals surface area contributed by atoms with Crippen LogP contribution in [0.25, 0.3) is 0 Å². The number of hydrogen-bond acceptors (Lipinski definition) is 6. The summed E-state index contributed by atoms with van der Waals surface area (Å²) < 4.78 is 33.5. The van der Waals surface area contributed by atoms with Gasteiger partial charge in [-0.15, -0.1) is 11.3 Å². The van der Waals surface area contributed by atoms with E-state index in [-0.39, 0.29) is 23.4 Å². The molecule has 2 aromatic rings. The van der Waals surface area contributed by atoms with E-state index < -0.39 is 10.0 Å². The standard InChI is InChI=1S/C23H33N3O4S2/c1-3-18(4-2)22(26-10-12-30-13-11-26)17-24-23(27)19-7-5-9-21(15-19)32(28,29)25-16-20-8-6-14-31-20/h5-9,14-15,18,22,25H,3-4,10-13,16-17H2,1-2H3,(H,24,27). The molecule has 1 aromatic carbocycles. The molecule has 1 amide bonds. The summed E-state index contributed by atoms with van der Waals surface area (Å²) in [5.74, 6) is 0.214. The molecule has 3 rings (SSSR count). The first-order valence-electron chi connectivity index (χ1n) is 11.2. The molecule has 0 aliphatic carbocycles. The van der Waals surface area contributed by atoms with E-state index in [1.807, 2.05) is 17.5 Å². The molecule has 1 fully saturated rings. The normalized spacial score (nSPS) is 16.2. The third kappa shape index (κ3) is 6.62. The summed E-state index contributed by atoms with van der Waals surface area (Å²) in [6, 6.07) is 10.2. The van der Waals surface area contributed by atoms with Crippen LogP contribution >= 0.6 is 11.3 Å². The molecule has 1 atom stereocenters. The van der Waals surface area contributed by atoms with Gasteiger partial charge in [0.15, 0.2) is 0 Å². The third-order valence-electron chi connectivity index (χ3n) is 6.00. The van der Waals surface area contributed by atoms with Gasteiger partial charge >= 0.3 is 0 Å². The van der Waals surface area contributed by atoms with Gasteiger partial charge in [-0.1, -0.05) is 38.8 Å². The lowest BCUT2D eigenvalue weighted by Gasteiger charge is -2.38. The van der Waals surface area contributed by atoms with E-state index in [0.29, 0.717) is 31.2 Å². The monoisotopic (exact) mass is 479 g/mol. The predicted octanol–water partition coefficient (Wildman–Crippen LogP) is 3.09. The highest BCUT2D eigenvalue weighted by atomic mass is 32.2. The quantitative estimate of drug-likeness (QED) is 0.517. The number of carbonyl (C=O) groups excluding carboxylic acids is 1. The van der Waals surface area contributed by atoms with E-state index in [2.05, 4.69) is 28.8 Å². The Labute approximate surface area is 195 Å². The first kappa shape index (κ1) is 24.9. The molecule has 0 radical (unpaired) electrons. The highest BCUT2D eigenvalue weighted by Crippen LogP contribution is 2.20. The maximum absolute atomic E-state index is 12.9. The summed E-state index contributed by atoms with van der Waals surface area (Å²) in [7, 11) is -3.71. The molecule has 1 aromatic heterocycles. The number of carbonyl (C=O) groups is 1. The molecular weight excluding hydrogens is 446 g/mol. The topological polar surface area (TPSA) is 87.7 Å². The van der Waals surface area contributed by atoms with Crippen LogP contribution in [0.4, 0.5) is 0 Å². The average Bonchev–Trinajstić information content (AvgIpc) is 3.35. The van der Waals surface area contributed by atoms with Gasteiger partial charge in [0.05, 0.1) is 18.1 Å². The second-order valence-electron chi connectivity index (χ2n) is 7.93. The molecule has 1 aliphatic rings. The van der Waals surface area contributed by atoms with Crippen LogP contribution in [0.5, 0.6) is 0 Å². The van der Waals surface area contributed by atoms with Crippen LogP contribution in [0.3, 0.4) is 0 Å². The number of thiophene rings is 1. The van der Waals surface area contributed by atoms with Crippen LogP contribution in [-0.4, -0.2) is 58.1 Å². The minimum absolute atomic E-state index is 0.0893. The Bertz CT molecular complexity index is 953. The fourth-order valence-electron chi connectivity index (χ4n) is 4.10. The SMILES string of the molecule is CCC(CC)C(CNC(=O)c1cccc(S(=O)(=O)NCc2cccs2)c1)N1CCOCC1. The smallest absolute Gasteiger partial charge is 0.251 e. The summed E-state index contributed by atoms with van der Waals surface area (Å²) in [5, 5.41) is 4.95. The van der Waals surface area contributed by atoms with Crippen molar-refractivity contribution in [3.63, 3.8) is 0 Å². The number of rotatable bonds is 11. The Morgan fingerprint density at radius 2 is 1.91 bits per heavy atom. The molecule has 176 valence electrons. The van der Waals surface area contributed by atoms with E-state index in [0.717, 1.165) is 30.8 Å². The molecule has 1 unspecified atom stereocenters. The van der Waals surface area contributed by atoms with Crippen LogP contribution < -0.4 is 10.0 Å². The van der Waals surface area contributed by atoms with Crippen molar-refractivity contribution < 1.29 is 17.9 Å². The van der Waals surface area contributed by atoms with Crippen molar-refractivity contribution in [3.05, 3.63) is 52.2 Å². The molecule has 0 bridgehead atoms. The molecule has 0 spiro atoms. The number of morpholine rings is 1. The van der Waals surface area contributed by atoms with Gasteiger partial charge in [0.1, 0.15) is 0 Å². The summed E-state index contributed by atoms with van der Waals surface area (Å²) in [4.78, 5) is 16.3. The Balaban J connectivity index is 1.66. The zero-order chi connectivity index (χ0) is 23.0. The van der Waals surface area contributed by atoms with E-state index >= 15 is 0 Å². The lowest BCUT2D eigenvalue weighted by atomic mass is 9.92. The van der Waals surface area contributed by atoms with E-state index in [4.69, 9.17) is 4.74 Å². The fourth-order valence-corrected chi connectivity index (χ4v) is 5.89.